The van der Waals surface area contributed by atoms with Gasteiger partial charge in [-0.05, 0) is 58.9 Å². The molecule has 0 heterocycles. The zero-order valence-corrected chi connectivity index (χ0v) is 15.9. The van der Waals surface area contributed by atoms with Gasteiger partial charge >= 0.3 is 0 Å². The lowest BCUT2D eigenvalue weighted by molar-refractivity contribution is 0.459. The van der Waals surface area contributed by atoms with Gasteiger partial charge in [0.25, 0.3) is 0 Å². The third kappa shape index (κ3) is 4.85. The van der Waals surface area contributed by atoms with Gasteiger partial charge in [-0.25, -0.2) is 0 Å². The monoisotopic (exact) mass is 328 g/mol. The second kappa shape index (κ2) is 7.09. The number of hydrogen-bond donors (Lipinski definition) is 0. The van der Waals surface area contributed by atoms with Gasteiger partial charge in [0.2, 0.25) is 0 Å². The highest BCUT2D eigenvalue weighted by Gasteiger charge is 2.21. The Bertz CT molecular complexity index is 630. The van der Waals surface area contributed by atoms with Crippen LogP contribution in [0, 0.1) is 0 Å². The zero-order chi connectivity index (χ0) is 17.1. The maximum atomic E-state index is 6.01. The SMILES string of the molecule is CC(C)(C)c1ccccc1CCCC(C)(C)c1ccc(Cl)cc1. The number of rotatable bonds is 5. The lowest BCUT2D eigenvalue weighted by Gasteiger charge is -2.27. The molecule has 1 heteroatoms. The van der Waals surface area contributed by atoms with Crippen LogP contribution in [0.1, 0.15) is 64.2 Å². The van der Waals surface area contributed by atoms with Crippen LogP contribution >= 0.6 is 11.6 Å². The van der Waals surface area contributed by atoms with Gasteiger partial charge in [-0.2, -0.15) is 0 Å². The third-order valence-corrected chi connectivity index (χ3v) is 4.95. The van der Waals surface area contributed by atoms with E-state index in [1.54, 1.807) is 0 Å². The summed E-state index contributed by atoms with van der Waals surface area (Å²) in [6.07, 6.45) is 3.51. The van der Waals surface area contributed by atoms with Gasteiger partial charge < -0.3 is 0 Å². The van der Waals surface area contributed by atoms with Crippen molar-refractivity contribution < 1.29 is 0 Å². The van der Waals surface area contributed by atoms with Crippen LogP contribution in [0.25, 0.3) is 0 Å². The fourth-order valence-electron chi connectivity index (χ4n) is 3.24. The van der Waals surface area contributed by atoms with Crippen LogP contribution < -0.4 is 0 Å². The first-order valence-electron chi connectivity index (χ1n) is 8.54. The fourth-order valence-corrected chi connectivity index (χ4v) is 3.36. The van der Waals surface area contributed by atoms with Crippen molar-refractivity contribution in [2.45, 2.75) is 64.7 Å². The van der Waals surface area contributed by atoms with E-state index in [4.69, 9.17) is 11.6 Å². The highest BCUT2D eigenvalue weighted by molar-refractivity contribution is 6.30. The Labute approximate surface area is 146 Å². The van der Waals surface area contributed by atoms with Gasteiger partial charge in [0, 0.05) is 5.02 Å². The van der Waals surface area contributed by atoms with Gasteiger partial charge in [-0.3, -0.25) is 0 Å². The normalized spacial score (nSPS) is 12.4. The molecule has 2 rings (SSSR count). The highest BCUT2D eigenvalue weighted by atomic mass is 35.5. The van der Waals surface area contributed by atoms with Gasteiger partial charge in [-0.15, -0.1) is 0 Å². The minimum atomic E-state index is 0.182. The van der Waals surface area contributed by atoms with Crippen LogP contribution in [0.4, 0.5) is 0 Å². The Morgan fingerprint density at radius 2 is 1.43 bits per heavy atom. The van der Waals surface area contributed by atoms with Crippen LogP contribution in [0.3, 0.4) is 0 Å². The molecule has 2 aromatic carbocycles. The van der Waals surface area contributed by atoms with Gasteiger partial charge in [0.15, 0.2) is 0 Å². The molecule has 0 bridgehead atoms. The predicted octanol–water partition coefficient (Wildman–Crippen LogP) is 6.94. The minimum absolute atomic E-state index is 0.182. The Morgan fingerprint density at radius 1 is 0.826 bits per heavy atom. The number of hydrogen-bond acceptors (Lipinski definition) is 0. The molecule has 0 N–H and O–H groups in total. The van der Waals surface area contributed by atoms with Crippen molar-refractivity contribution in [3.63, 3.8) is 0 Å². The second-order valence-corrected chi connectivity index (χ2v) is 8.59. The van der Waals surface area contributed by atoms with Crippen molar-refractivity contribution in [2.24, 2.45) is 0 Å². The number of halogens is 1. The molecule has 0 atom stereocenters. The summed E-state index contributed by atoms with van der Waals surface area (Å²) < 4.78 is 0. The Balaban J connectivity index is 2.04. The molecule has 23 heavy (non-hydrogen) atoms. The van der Waals surface area contributed by atoms with Crippen LogP contribution in [-0.4, -0.2) is 0 Å². The zero-order valence-electron chi connectivity index (χ0n) is 15.1. The Kier molecular flexibility index (Phi) is 5.57. The van der Waals surface area contributed by atoms with Crippen molar-refractivity contribution in [3.05, 3.63) is 70.2 Å². The molecule has 0 aromatic heterocycles. The molecule has 0 aliphatic heterocycles. The maximum Gasteiger partial charge on any atom is 0.0406 e. The van der Waals surface area contributed by atoms with Crippen LogP contribution in [-0.2, 0) is 17.3 Å². The molecule has 0 fully saturated rings. The molecule has 0 nitrogen and oxygen atoms in total. The molecular formula is C22H29Cl. The second-order valence-electron chi connectivity index (χ2n) is 8.15. The lowest BCUT2D eigenvalue weighted by atomic mass is 9.78. The predicted molar refractivity (Wildman–Crippen MR) is 103 cm³/mol. The molecule has 0 amide bonds. The van der Waals surface area contributed by atoms with Crippen LogP contribution in [0.2, 0.25) is 5.02 Å². The average Bonchev–Trinajstić information content (AvgIpc) is 2.47. The molecule has 0 aliphatic carbocycles. The van der Waals surface area contributed by atoms with Gasteiger partial charge in [0.1, 0.15) is 0 Å². The van der Waals surface area contributed by atoms with Gasteiger partial charge in [-0.1, -0.05) is 82.6 Å². The van der Waals surface area contributed by atoms with E-state index in [2.05, 4.69) is 71.0 Å². The first-order chi connectivity index (χ1) is 10.7. The van der Waals surface area contributed by atoms with E-state index in [1.165, 1.54) is 29.5 Å². The molecule has 0 unspecified atom stereocenters. The Morgan fingerprint density at radius 3 is 2.04 bits per heavy atom. The van der Waals surface area contributed by atoms with E-state index in [0.717, 1.165) is 11.4 Å². The van der Waals surface area contributed by atoms with Crippen molar-refractivity contribution in [1.82, 2.24) is 0 Å². The molecule has 124 valence electrons. The van der Waals surface area contributed by atoms with Crippen molar-refractivity contribution in [3.8, 4) is 0 Å². The molecule has 0 spiro atoms. The summed E-state index contributed by atoms with van der Waals surface area (Å²) >= 11 is 6.01. The summed E-state index contributed by atoms with van der Waals surface area (Å²) in [6, 6.07) is 17.2. The molecule has 0 radical (unpaired) electrons. The largest absolute Gasteiger partial charge is 0.0843 e. The van der Waals surface area contributed by atoms with Crippen molar-refractivity contribution in [1.29, 1.82) is 0 Å². The van der Waals surface area contributed by atoms with Crippen LogP contribution in [0.15, 0.2) is 48.5 Å². The summed E-state index contributed by atoms with van der Waals surface area (Å²) in [5, 5.41) is 0.809. The standard InChI is InChI=1S/C22H29Cl/c1-21(2,3)20-11-7-6-9-17(20)10-8-16-22(4,5)18-12-14-19(23)15-13-18/h6-7,9,11-15H,8,10,16H2,1-5H3. The number of aryl methyl sites for hydroxylation is 1. The van der Waals surface area contributed by atoms with Gasteiger partial charge in [0.05, 0.1) is 0 Å². The van der Waals surface area contributed by atoms with E-state index in [1.807, 2.05) is 12.1 Å². The molecule has 0 saturated carbocycles. The number of benzene rings is 2. The van der Waals surface area contributed by atoms with E-state index in [-0.39, 0.29) is 10.8 Å². The highest BCUT2D eigenvalue weighted by Crippen LogP contribution is 2.31. The topological polar surface area (TPSA) is 0 Å². The summed E-state index contributed by atoms with van der Waals surface area (Å²) in [6.45, 7) is 11.5. The minimum Gasteiger partial charge on any atom is -0.0843 e. The van der Waals surface area contributed by atoms with Crippen LogP contribution in [0.5, 0.6) is 0 Å². The smallest absolute Gasteiger partial charge is 0.0406 e. The third-order valence-electron chi connectivity index (χ3n) is 4.70. The van der Waals surface area contributed by atoms with E-state index in [0.29, 0.717) is 0 Å². The quantitative estimate of drug-likeness (QED) is 0.557. The van der Waals surface area contributed by atoms with E-state index >= 15 is 0 Å². The molecule has 2 aromatic rings. The first-order valence-corrected chi connectivity index (χ1v) is 8.92. The molecular weight excluding hydrogens is 300 g/mol. The maximum absolute atomic E-state index is 6.01. The average molecular weight is 329 g/mol. The summed E-state index contributed by atoms with van der Waals surface area (Å²) in [4.78, 5) is 0. The lowest BCUT2D eigenvalue weighted by Crippen LogP contribution is -2.18. The van der Waals surface area contributed by atoms with Crippen molar-refractivity contribution in [2.75, 3.05) is 0 Å². The summed E-state index contributed by atoms with van der Waals surface area (Å²) in [5.74, 6) is 0. The van der Waals surface area contributed by atoms with E-state index in [9.17, 15) is 0 Å². The van der Waals surface area contributed by atoms with Crippen molar-refractivity contribution >= 4 is 11.6 Å². The Hall–Kier alpha value is -1.27. The summed E-state index contributed by atoms with van der Waals surface area (Å²) in [7, 11) is 0. The molecule has 0 saturated heterocycles. The molecule has 0 aliphatic rings. The summed E-state index contributed by atoms with van der Waals surface area (Å²) in [5.41, 5.74) is 4.73. The fraction of sp³-hybridized carbons (Fsp3) is 0.455. The first kappa shape index (κ1) is 18.1. The van der Waals surface area contributed by atoms with E-state index < -0.39 is 0 Å².